The number of nitrogens with zero attached hydrogens (tertiary/aromatic N) is 2. The third-order valence-corrected chi connectivity index (χ3v) is 5.94. The van der Waals surface area contributed by atoms with Gasteiger partial charge in [-0.05, 0) is 59.9 Å². The molecule has 0 radical (unpaired) electrons. The minimum absolute atomic E-state index is 0.732. The molecule has 2 aliphatic heterocycles. The van der Waals surface area contributed by atoms with Gasteiger partial charge in [-0.1, -0.05) is 22.0 Å². The van der Waals surface area contributed by atoms with Gasteiger partial charge in [-0.3, -0.25) is 4.90 Å². The quantitative estimate of drug-likeness (QED) is 0.707. The Bertz CT molecular complexity index is 463. The van der Waals surface area contributed by atoms with Gasteiger partial charge < -0.3 is 4.90 Å². The van der Waals surface area contributed by atoms with Crippen LogP contribution in [-0.2, 0) is 5.33 Å². The monoisotopic (exact) mass is 386 g/mol. The van der Waals surface area contributed by atoms with Crippen LogP contribution in [0.4, 0.5) is 5.69 Å². The number of alkyl halides is 1. The number of benzene rings is 1. The zero-order valence-corrected chi connectivity index (χ0v) is 14.5. The third-order valence-electron chi connectivity index (χ3n) is 4.66. The number of rotatable bonds is 2. The highest BCUT2D eigenvalue weighted by molar-refractivity contribution is 9.10. The Morgan fingerprint density at radius 1 is 1.21 bits per heavy atom. The Hall–Kier alpha value is -0.0600. The van der Waals surface area contributed by atoms with E-state index in [-0.39, 0.29) is 0 Å². The summed E-state index contributed by atoms with van der Waals surface area (Å²) in [7, 11) is 2.30. The summed E-state index contributed by atoms with van der Waals surface area (Å²) in [6, 6.07) is 8.25. The molecule has 4 heteroatoms. The Labute approximate surface area is 132 Å². The van der Waals surface area contributed by atoms with Gasteiger partial charge in [-0.2, -0.15) is 0 Å². The topological polar surface area (TPSA) is 6.48 Å². The summed E-state index contributed by atoms with van der Waals surface area (Å²) in [4.78, 5) is 5.16. The van der Waals surface area contributed by atoms with Crippen molar-refractivity contribution < 1.29 is 0 Å². The standard InChI is InChI=1S/C15H20Br2N2/c1-18-12-3-4-13(18)10-19(7-6-12)15-5-2-11(9-16)8-14(15)17/h2,5,8,12-13H,3-4,6-7,9-10H2,1H3. The van der Waals surface area contributed by atoms with Crippen molar-refractivity contribution in [3.05, 3.63) is 28.2 Å². The zero-order valence-electron chi connectivity index (χ0n) is 11.3. The normalized spacial score (nSPS) is 27.6. The van der Waals surface area contributed by atoms with E-state index in [2.05, 4.69) is 66.9 Å². The highest BCUT2D eigenvalue weighted by atomic mass is 79.9. The molecule has 0 aromatic heterocycles. The second-order valence-electron chi connectivity index (χ2n) is 5.70. The lowest BCUT2D eigenvalue weighted by Gasteiger charge is -2.28. The molecule has 2 unspecified atom stereocenters. The molecule has 2 nitrogen and oxygen atoms in total. The van der Waals surface area contributed by atoms with Gasteiger partial charge in [0.1, 0.15) is 0 Å². The maximum atomic E-state index is 3.74. The van der Waals surface area contributed by atoms with E-state index >= 15 is 0 Å². The first kappa shape index (κ1) is 13.9. The summed E-state index contributed by atoms with van der Waals surface area (Å²) in [6.45, 7) is 2.34. The number of anilines is 1. The predicted octanol–water partition coefficient (Wildman–Crippen LogP) is 4.02. The van der Waals surface area contributed by atoms with Gasteiger partial charge in [0.05, 0.1) is 5.69 Å². The van der Waals surface area contributed by atoms with Crippen molar-refractivity contribution in [2.45, 2.75) is 36.7 Å². The molecule has 19 heavy (non-hydrogen) atoms. The van der Waals surface area contributed by atoms with Crippen LogP contribution in [0, 0.1) is 0 Å². The van der Waals surface area contributed by atoms with Gasteiger partial charge >= 0.3 is 0 Å². The molecule has 2 fully saturated rings. The molecule has 2 atom stereocenters. The average Bonchev–Trinajstić information content (AvgIpc) is 2.64. The van der Waals surface area contributed by atoms with Crippen molar-refractivity contribution in [2.24, 2.45) is 0 Å². The fraction of sp³-hybridized carbons (Fsp3) is 0.600. The maximum absolute atomic E-state index is 3.74. The summed E-state index contributed by atoms with van der Waals surface area (Å²) in [6.07, 6.45) is 4.03. The largest absolute Gasteiger partial charge is 0.369 e. The summed E-state index contributed by atoms with van der Waals surface area (Å²) >= 11 is 7.26. The van der Waals surface area contributed by atoms with E-state index in [9.17, 15) is 0 Å². The Morgan fingerprint density at radius 3 is 2.74 bits per heavy atom. The van der Waals surface area contributed by atoms with Crippen LogP contribution < -0.4 is 4.90 Å². The van der Waals surface area contributed by atoms with E-state index in [0.717, 1.165) is 17.4 Å². The van der Waals surface area contributed by atoms with Crippen molar-refractivity contribution in [1.82, 2.24) is 4.90 Å². The molecule has 0 amide bonds. The lowest BCUT2D eigenvalue weighted by Crippen LogP contribution is -2.36. The van der Waals surface area contributed by atoms with Gasteiger partial charge in [-0.15, -0.1) is 0 Å². The summed E-state index contributed by atoms with van der Waals surface area (Å²) in [5.41, 5.74) is 2.68. The van der Waals surface area contributed by atoms with Crippen LogP contribution in [0.15, 0.2) is 22.7 Å². The van der Waals surface area contributed by atoms with Crippen molar-refractivity contribution >= 4 is 37.5 Å². The van der Waals surface area contributed by atoms with Crippen LogP contribution in [0.2, 0.25) is 0 Å². The second-order valence-corrected chi connectivity index (χ2v) is 7.12. The Morgan fingerprint density at radius 2 is 2.00 bits per heavy atom. The van der Waals surface area contributed by atoms with E-state index in [1.807, 2.05) is 0 Å². The van der Waals surface area contributed by atoms with Crippen LogP contribution in [0.5, 0.6) is 0 Å². The number of likely N-dealkylation sites (N-methyl/N-ethyl adjacent to an activating group) is 1. The first-order valence-corrected chi connectivity index (χ1v) is 8.91. The summed E-state index contributed by atoms with van der Waals surface area (Å²) in [5, 5.41) is 0.916. The number of hydrogen-bond acceptors (Lipinski definition) is 2. The molecule has 1 aromatic rings. The highest BCUT2D eigenvalue weighted by Crippen LogP contribution is 2.34. The molecule has 104 valence electrons. The molecule has 0 spiro atoms. The van der Waals surface area contributed by atoms with Crippen LogP contribution in [0.1, 0.15) is 24.8 Å². The summed E-state index contributed by atoms with van der Waals surface area (Å²) in [5.74, 6) is 0. The van der Waals surface area contributed by atoms with E-state index in [1.54, 1.807) is 0 Å². The fourth-order valence-electron chi connectivity index (χ4n) is 3.42. The minimum atomic E-state index is 0.732. The highest BCUT2D eigenvalue weighted by Gasteiger charge is 2.34. The summed E-state index contributed by atoms with van der Waals surface area (Å²) < 4.78 is 1.23. The van der Waals surface area contributed by atoms with Gasteiger partial charge in [0.25, 0.3) is 0 Å². The SMILES string of the molecule is CN1C2CCC1CN(c1ccc(CBr)cc1Br)CC2. The van der Waals surface area contributed by atoms with Crippen molar-refractivity contribution in [1.29, 1.82) is 0 Å². The van der Waals surface area contributed by atoms with Crippen molar-refractivity contribution in [2.75, 3.05) is 25.0 Å². The lowest BCUT2D eigenvalue weighted by molar-refractivity contribution is 0.254. The lowest BCUT2D eigenvalue weighted by atomic mass is 10.1. The van der Waals surface area contributed by atoms with Crippen LogP contribution in [0.25, 0.3) is 0 Å². The molecule has 0 saturated carbocycles. The number of fused-ring (bicyclic) bond motifs is 2. The van der Waals surface area contributed by atoms with E-state index in [4.69, 9.17) is 0 Å². The minimum Gasteiger partial charge on any atom is -0.369 e. The number of hydrogen-bond donors (Lipinski definition) is 0. The van der Waals surface area contributed by atoms with Crippen LogP contribution >= 0.6 is 31.9 Å². The zero-order chi connectivity index (χ0) is 13.4. The molecular formula is C15H20Br2N2. The van der Waals surface area contributed by atoms with Crippen LogP contribution in [0.3, 0.4) is 0 Å². The first-order chi connectivity index (χ1) is 9.19. The Balaban J connectivity index is 1.82. The molecule has 0 N–H and O–H groups in total. The van der Waals surface area contributed by atoms with Gasteiger partial charge in [0.2, 0.25) is 0 Å². The molecular weight excluding hydrogens is 368 g/mol. The number of halogens is 2. The molecule has 2 heterocycles. The fourth-order valence-corrected chi connectivity index (χ4v) is 4.44. The van der Waals surface area contributed by atoms with Gasteiger partial charge in [0.15, 0.2) is 0 Å². The molecule has 2 saturated heterocycles. The van der Waals surface area contributed by atoms with Gasteiger partial charge in [-0.25, -0.2) is 0 Å². The molecule has 2 bridgehead atoms. The van der Waals surface area contributed by atoms with Crippen molar-refractivity contribution in [3.63, 3.8) is 0 Å². The van der Waals surface area contributed by atoms with Crippen molar-refractivity contribution in [3.8, 4) is 0 Å². The van der Waals surface area contributed by atoms with E-state index in [1.165, 1.54) is 48.1 Å². The molecule has 0 aliphatic carbocycles. The second kappa shape index (κ2) is 5.74. The maximum Gasteiger partial charge on any atom is 0.0511 e. The van der Waals surface area contributed by atoms with E-state index < -0.39 is 0 Å². The predicted molar refractivity (Wildman–Crippen MR) is 88.2 cm³/mol. The smallest absolute Gasteiger partial charge is 0.0511 e. The average molecular weight is 388 g/mol. The molecule has 2 aliphatic rings. The molecule has 3 rings (SSSR count). The first-order valence-electron chi connectivity index (χ1n) is 7.00. The van der Waals surface area contributed by atoms with Gasteiger partial charge in [0, 0.05) is 35.0 Å². The molecule has 1 aromatic carbocycles. The van der Waals surface area contributed by atoms with E-state index in [0.29, 0.717) is 0 Å². The third kappa shape index (κ3) is 2.72. The Kier molecular flexibility index (Phi) is 4.20. The van der Waals surface area contributed by atoms with Crippen LogP contribution in [-0.4, -0.2) is 37.1 Å².